The lowest BCUT2D eigenvalue weighted by Gasteiger charge is -2.00. The van der Waals surface area contributed by atoms with Crippen LogP contribution in [0.15, 0.2) is 40.1 Å². The van der Waals surface area contributed by atoms with Crippen molar-refractivity contribution in [2.45, 2.75) is 13.8 Å². The van der Waals surface area contributed by atoms with Crippen LogP contribution in [0.4, 0.5) is 5.13 Å². The fourth-order valence-electron chi connectivity index (χ4n) is 2.11. The van der Waals surface area contributed by atoms with Crippen molar-refractivity contribution in [2.75, 3.05) is 5.32 Å². The van der Waals surface area contributed by atoms with E-state index in [2.05, 4.69) is 32.9 Å². The Balaban J connectivity index is 1.78. The minimum Gasteiger partial charge on any atom is -0.466 e. The molecule has 2 heterocycles. The molecule has 0 saturated heterocycles. The summed E-state index contributed by atoms with van der Waals surface area (Å²) in [6.07, 6.45) is 0. The maximum atomic E-state index is 12.2. The zero-order chi connectivity index (χ0) is 15.7. The molecule has 0 aliphatic heterocycles. The van der Waals surface area contributed by atoms with Gasteiger partial charge in [-0.3, -0.25) is 10.1 Å². The molecule has 0 aliphatic rings. The van der Waals surface area contributed by atoms with Crippen LogP contribution < -0.4 is 5.32 Å². The van der Waals surface area contributed by atoms with Crippen LogP contribution in [0, 0.1) is 17.4 Å². The fraction of sp³-hybridized carbons (Fsp3) is 0.125. The molecule has 0 fully saturated rings. The second kappa shape index (κ2) is 6.21. The van der Waals surface area contributed by atoms with Gasteiger partial charge in [-0.15, -0.1) is 11.3 Å². The number of carbonyl (C=O) groups is 1. The van der Waals surface area contributed by atoms with Crippen molar-refractivity contribution in [3.05, 3.63) is 56.4 Å². The number of hydrogen-bond acceptors (Lipinski definition) is 4. The van der Waals surface area contributed by atoms with Crippen LogP contribution in [0.25, 0.3) is 11.3 Å². The third-order valence-corrected chi connectivity index (χ3v) is 4.63. The van der Waals surface area contributed by atoms with Crippen molar-refractivity contribution in [1.29, 1.82) is 0 Å². The molecule has 1 amide bonds. The van der Waals surface area contributed by atoms with E-state index in [1.54, 1.807) is 13.0 Å². The number of aryl methyl sites for hydroxylation is 2. The van der Waals surface area contributed by atoms with Crippen LogP contribution in [-0.4, -0.2) is 10.9 Å². The molecule has 0 atom stereocenters. The van der Waals surface area contributed by atoms with E-state index in [1.807, 2.05) is 36.6 Å². The summed E-state index contributed by atoms with van der Waals surface area (Å²) in [6.45, 7) is 3.60. The van der Waals surface area contributed by atoms with Gasteiger partial charge < -0.3 is 4.42 Å². The first kappa shape index (κ1) is 15.2. The molecule has 0 spiro atoms. The Labute approximate surface area is 145 Å². The highest BCUT2D eigenvalue weighted by Crippen LogP contribution is 2.26. The minimum atomic E-state index is -0.196. The van der Waals surface area contributed by atoms with Gasteiger partial charge in [-0.25, -0.2) is 4.98 Å². The standard InChI is InChI=1S/C16H13IN2O2S/c1-9-7-13(10(2)21-9)15(20)19-16-18-14(8-22-16)11-3-5-12(17)6-4-11/h3-8H,1-2H3,(H,18,19,20). The molecule has 2 aromatic heterocycles. The quantitative estimate of drug-likeness (QED) is 0.610. The first-order valence-electron chi connectivity index (χ1n) is 6.63. The Morgan fingerprint density at radius 3 is 2.64 bits per heavy atom. The van der Waals surface area contributed by atoms with Gasteiger partial charge in [0.25, 0.3) is 5.91 Å². The number of thiazole rings is 1. The predicted octanol–water partition coefficient (Wildman–Crippen LogP) is 4.88. The van der Waals surface area contributed by atoms with Crippen LogP contribution in [0.5, 0.6) is 0 Å². The van der Waals surface area contributed by atoms with Gasteiger partial charge in [0.15, 0.2) is 5.13 Å². The Morgan fingerprint density at radius 1 is 1.27 bits per heavy atom. The monoisotopic (exact) mass is 424 g/mol. The summed E-state index contributed by atoms with van der Waals surface area (Å²) in [4.78, 5) is 16.7. The molecular weight excluding hydrogens is 411 g/mol. The van der Waals surface area contributed by atoms with Gasteiger partial charge in [-0.1, -0.05) is 12.1 Å². The number of nitrogens with zero attached hydrogens (tertiary/aromatic N) is 1. The summed E-state index contributed by atoms with van der Waals surface area (Å²) in [7, 11) is 0. The number of aromatic nitrogens is 1. The van der Waals surface area contributed by atoms with Gasteiger partial charge in [-0.05, 0) is 54.6 Å². The lowest BCUT2D eigenvalue weighted by molar-refractivity contribution is 0.102. The molecule has 1 aromatic carbocycles. The number of anilines is 1. The van der Waals surface area contributed by atoms with Crippen molar-refractivity contribution in [2.24, 2.45) is 0 Å². The molecule has 22 heavy (non-hydrogen) atoms. The van der Waals surface area contributed by atoms with Gasteiger partial charge in [0, 0.05) is 14.5 Å². The first-order chi connectivity index (χ1) is 10.5. The average molecular weight is 424 g/mol. The molecular formula is C16H13IN2O2S. The van der Waals surface area contributed by atoms with E-state index in [-0.39, 0.29) is 5.91 Å². The van der Waals surface area contributed by atoms with E-state index >= 15 is 0 Å². The highest BCUT2D eigenvalue weighted by atomic mass is 127. The summed E-state index contributed by atoms with van der Waals surface area (Å²) >= 11 is 3.67. The van der Waals surface area contributed by atoms with Crippen LogP contribution in [0.1, 0.15) is 21.9 Å². The number of amides is 1. The molecule has 3 rings (SSSR count). The van der Waals surface area contributed by atoms with Crippen molar-refractivity contribution in [3.63, 3.8) is 0 Å². The number of benzene rings is 1. The molecule has 0 unspecified atom stereocenters. The number of hydrogen-bond donors (Lipinski definition) is 1. The van der Waals surface area contributed by atoms with Gasteiger partial charge >= 0.3 is 0 Å². The molecule has 0 aliphatic carbocycles. The van der Waals surface area contributed by atoms with Gasteiger partial charge in [0.1, 0.15) is 11.5 Å². The number of rotatable bonds is 3. The molecule has 0 radical (unpaired) electrons. The Hall–Kier alpha value is -1.67. The highest BCUT2D eigenvalue weighted by molar-refractivity contribution is 14.1. The van der Waals surface area contributed by atoms with Crippen molar-refractivity contribution >= 4 is 45.0 Å². The maximum absolute atomic E-state index is 12.2. The molecule has 112 valence electrons. The number of nitrogens with one attached hydrogen (secondary N) is 1. The highest BCUT2D eigenvalue weighted by Gasteiger charge is 2.15. The first-order valence-corrected chi connectivity index (χ1v) is 8.58. The van der Waals surface area contributed by atoms with E-state index in [1.165, 1.54) is 14.9 Å². The van der Waals surface area contributed by atoms with Crippen LogP contribution >= 0.6 is 33.9 Å². The lowest BCUT2D eigenvalue weighted by Crippen LogP contribution is -2.11. The molecule has 1 N–H and O–H groups in total. The smallest absolute Gasteiger partial charge is 0.260 e. The van der Waals surface area contributed by atoms with Gasteiger partial charge in [0.2, 0.25) is 0 Å². The summed E-state index contributed by atoms with van der Waals surface area (Å²) in [5.41, 5.74) is 2.44. The molecule has 4 nitrogen and oxygen atoms in total. The Morgan fingerprint density at radius 2 is 2.00 bits per heavy atom. The van der Waals surface area contributed by atoms with Crippen LogP contribution in [-0.2, 0) is 0 Å². The largest absolute Gasteiger partial charge is 0.466 e. The zero-order valence-corrected chi connectivity index (χ0v) is 15.0. The molecule has 6 heteroatoms. The lowest BCUT2D eigenvalue weighted by atomic mass is 10.2. The van der Waals surface area contributed by atoms with Crippen LogP contribution in [0.3, 0.4) is 0 Å². The van der Waals surface area contributed by atoms with E-state index < -0.39 is 0 Å². The molecule has 0 bridgehead atoms. The Bertz CT molecular complexity index is 821. The minimum absolute atomic E-state index is 0.196. The third-order valence-electron chi connectivity index (χ3n) is 3.15. The second-order valence-corrected chi connectivity index (χ2v) is 6.93. The summed E-state index contributed by atoms with van der Waals surface area (Å²) in [6, 6.07) is 9.84. The van der Waals surface area contributed by atoms with Crippen molar-refractivity contribution in [1.82, 2.24) is 4.98 Å². The number of furan rings is 1. The number of halogens is 1. The van der Waals surface area contributed by atoms with Gasteiger partial charge in [-0.2, -0.15) is 0 Å². The number of carbonyl (C=O) groups excluding carboxylic acids is 1. The van der Waals surface area contributed by atoms with Gasteiger partial charge in [0.05, 0.1) is 11.3 Å². The van der Waals surface area contributed by atoms with Crippen molar-refractivity contribution < 1.29 is 9.21 Å². The zero-order valence-electron chi connectivity index (χ0n) is 12.0. The van der Waals surface area contributed by atoms with E-state index in [4.69, 9.17) is 4.42 Å². The average Bonchev–Trinajstić information content (AvgIpc) is 3.06. The Kier molecular flexibility index (Phi) is 4.30. The van der Waals surface area contributed by atoms with Crippen molar-refractivity contribution in [3.8, 4) is 11.3 Å². The summed E-state index contributed by atoms with van der Waals surface area (Å²) < 4.78 is 6.56. The van der Waals surface area contributed by atoms with E-state index in [0.29, 0.717) is 16.5 Å². The molecule has 0 saturated carbocycles. The second-order valence-electron chi connectivity index (χ2n) is 4.83. The predicted molar refractivity (Wildman–Crippen MR) is 96.4 cm³/mol. The third kappa shape index (κ3) is 3.22. The normalized spacial score (nSPS) is 10.7. The molecule has 3 aromatic rings. The summed E-state index contributed by atoms with van der Waals surface area (Å²) in [5.74, 6) is 1.14. The SMILES string of the molecule is Cc1cc(C(=O)Nc2nc(-c3ccc(I)cc3)cs2)c(C)o1. The maximum Gasteiger partial charge on any atom is 0.260 e. The summed E-state index contributed by atoms with van der Waals surface area (Å²) in [5, 5.41) is 5.34. The van der Waals surface area contributed by atoms with E-state index in [9.17, 15) is 4.79 Å². The topological polar surface area (TPSA) is 55.1 Å². The fourth-order valence-corrected chi connectivity index (χ4v) is 3.18. The van der Waals surface area contributed by atoms with E-state index in [0.717, 1.165) is 17.0 Å². The van der Waals surface area contributed by atoms with Crippen LogP contribution in [0.2, 0.25) is 0 Å².